The molecule has 5 nitrogen and oxygen atoms in total. The Morgan fingerprint density at radius 1 is 1.06 bits per heavy atom. The maximum atomic E-state index is 9.39. The SMILES string of the molecule is COc1ccccc1C(OC)(OC)B(O)O. The molecular weight excluding hydrogens is 211 g/mol. The predicted octanol–water partition coefficient (Wildman–Crippen LogP) is 0.153. The van der Waals surface area contributed by atoms with Gasteiger partial charge in [-0.3, -0.25) is 0 Å². The molecule has 6 heteroatoms. The summed E-state index contributed by atoms with van der Waals surface area (Å²) in [4.78, 5) is 0. The van der Waals surface area contributed by atoms with E-state index in [1.165, 1.54) is 21.3 Å². The van der Waals surface area contributed by atoms with Gasteiger partial charge in [0.2, 0.25) is 5.69 Å². The molecule has 0 spiro atoms. The molecule has 0 saturated heterocycles. The first-order chi connectivity index (χ1) is 7.62. The summed E-state index contributed by atoms with van der Waals surface area (Å²) in [6.07, 6.45) is 0. The maximum Gasteiger partial charge on any atom is 0.520 e. The average Bonchev–Trinajstić information content (AvgIpc) is 2.31. The summed E-state index contributed by atoms with van der Waals surface area (Å²) in [5, 5.41) is 18.8. The lowest BCUT2D eigenvalue weighted by atomic mass is 9.72. The summed E-state index contributed by atoms with van der Waals surface area (Å²) in [7, 11) is 2.32. The van der Waals surface area contributed by atoms with Gasteiger partial charge in [-0.2, -0.15) is 0 Å². The minimum atomic E-state index is -1.82. The second-order valence-electron chi connectivity index (χ2n) is 3.15. The molecular formula is C10H15BO5. The third-order valence-corrected chi connectivity index (χ3v) is 2.43. The Morgan fingerprint density at radius 2 is 1.62 bits per heavy atom. The van der Waals surface area contributed by atoms with Gasteiger partial charge in [0.1, 0.15) is 5.75 Å². The molecule has 1 aromatic carbocycles. The van der Waals surface area contributed by atoms with E-state index < -0.39 is 12.8 Å². The topological polar surface area (TPSA) is 68.2 Å². The Labute approximate surface area is 94.7 Å². The third kappa shape index (κ3) is 2.05. The highest BCUT2D eigenvalue weighted by Gasteiger charge is 2.47. The van der Waals surface area contributed by atoms with E-state index in [0.717, 1.165) is 0 Å². The van der Waals surface area contributed by atoms with E-state index in [1.54, 1.807) is 24.3 Å². The van der Waals surface area contributed by atoms with Gasteiger partial charge >= 0.3 is 7.12 Å². The van der Waals surface area contributed by atoms with E-state index >= 15 is 0 Å². The van der Waals surface area contributed by atoms with Crippen LogP contribution in [0.3, 0.4) is 0 Å². The molecule has 1 aromatic rings. The van der Waals surface area contributed by atoms with Gasteiger partial charge in [-0.05, 0) is 6.07 Å². The molecule has 0 unspecified atom stereocenters. The van der Waals surface area contributed by atoms with E-state index in [0.29, 0.717) is 11.3 Å². The lowest BCUT2D eigenvalue weighted by Gasteiger charge is -2.31. The molecule has 16 heavy (non-hydrogen) atoms. The van der Waals surface area contributed by atoms with Crippen molar-refractivity contribution in [1.82, 2.24) is 0 Å². The number of hydrogen-bond donors (Lipinski definition) is 2. The van der Waals surface area contributed by atoms with E-state index in [1.807, 2.05) is 0 Å². The van der Waals surface area contributed by atoms with Crippen LogP contribution in [0.25, 0.3) is 0 Å². The second kappa shape index (κ2) is 5.31. The normalized spacial score (nSPS) is 11.3. The minimum Gasteiger partial charge on any atom is -0.496 e. The number of rotatable bonds is 5. The van der Waals surface area contributed by atoms with Gasteiger partial charge in [-0.1, -0.05) is 18.2 Å². The van der Waals surface area contributed by atoms with Gasteiger partial charge in [0, 0.05) is 14.2 Å². The highest BCUT2D eigenvalue weighted by atomic mass is 16.7. The average molecular weight is 226 g/mol. The molecule has 1 rings (SSSR count). The van der Waals surface area contributed by atoms with Crippen LogP contribution in [0.4, 0.5) is 0 Å². The molecule has 0 saturated carbocycles. The lowest BCUT2D eigenvalue weighted by Crippen LogP contribution is -2.47. The fraction of sp³-hybridized carbons (Fsp3) is 0.400. The molecule has 0 aliphatic carbocycles. The van der Waals surface area contributed by atoms with Crippen LogP contribution in [0, 0.1) is 0 Å². The largest absolute Gasteiger partial charge is 0.520 e. The summed E-state index contributed by atoms with van der Waals surface area (Å²) in [5.74, 6) is 0.458. The van der Waals surface area contributed by atoms with Crippen LogP contribution in [-0.4, -0.2) is 38.5 Å². The van der Waals surface area contributed by atoms with Crippen molar-refractivity contribution in [2.45, 2.75) is 5.69 Å². The molecule has 0 fully saturated rings. The van der Waals surface area contributed by atoms with E-state index in [9.17, 15) is 10.0 Å². The first-order valence-corrected chi connectivity index (χ1v) is 4.72. The first kappa shape index (κ1) is 13.0. The molecule has 0 atom stereocenters. The lowest BCUT2D eigenvalue weighted by molar-refractivity contribution is -0.171. The summed E-state index contributed by atoms with van der Waals surface area (Å²) >= 11 is 0. The van der Waals surface area contributed by atoms with Crippen LogP contribution < -0.4 is 4.74 Å². The van der Waals surface area contributed by atoms with Gasteiger partial charge in [0.05, 0.1) is 12.7 Å². The zero-order valence-electron chi connectivity index (χ0n) is 9.51. The Bertz CT molecular complexity index is 338. The van der Waals surface area contributed by atoms with Crippen molar-refractivity contribution in [1.29, 1.82) is 0 Å². The van der Waals surface area contributed by atoms with Crippen LogP contribution in [0.15, 0.2) is 24.3 Å². The summed E-state index contributed by atoms with van der Waals surface area (Å²) in [5.41, 5.74) is -1.23. The molecule has 0 radical (unpaired) electrons. The van der Waals surface area contributed by atoms with E-state index in [2.05, 4.69) is 0 Å². The fourth-order valence-corrected chi connectivity index (χ4v) is 1.59. The Kier molecular flexibility index (Phi) is 4.31. The second-order valence-corrected chi connectivity index (χ2v) is 3.15. The molecule has 0 amide bonds. The van der Waals surface area contributed by atoms with Crippen molar-refractivity contribution >= 4 is 7.12 Å². The number of methoxy groups -OCH3 is 3. The van der Waals surface area contributed by atoms with Crippen LogP contribution in [0.2, 0.25) is 0 Å². The Balaban J connectivity index is 3.30. The number of ether oxygens (including phenoxy) is 3. The van der Waals surface area contributed by atoms with Crippen molar-refractivity contribution in [2.24, 2.45) is 0 Å². The molecule has 0 aliphatic rings. The van der Waals surface area contributed by atoms with Crippen molar-refractivity contribution in [3.8, 4) is 5.75 Å². The zero-order chi connectivity index (χ0) is 12.2. The molecule has 0 aliphatic heterocycles. The van der Waals surface area contributed by atoms with E-state index in [4.69, 9.17) is 14.2 Å². The van der Waals surface area contributed by atoms with Gasteiger partial charge in [-0.15, -0.1) is 0 Å². The standard InChI is InChI=1S/C10H15BO5/c1-14-9-7-5-4-6-8(9)10(15-2,16-3)11(12)13/h4-7,12-13H,1-3H3. The van der Waals surface area contributed by atoms with Gasteiger partial charge < -0.3 is 24.3 Å². The summed E-state index contributed by atoms with van der Waals surface area (Å²) in [6.45, 7) is 0. The van der Waals surface area contributed by atoms with E-state index in [-0.39, 0.29) is 0 Å². The zero-order valence-corrected chi connectivity index (χ0v) is 9.51. The minimum absolute atomic E-state index is 0.414. The van der Waals surface area contributed by atoms with Gasteiger partial charge in [-0.25, -0.2) is 0 Å². The molecule has 2 N–H and O–H groups in total. The Hall–Kier alpha value is -1.08. The van der Waals surface area contributed by atoms with Crippen LogP contribution in [-0.2, 0) is 15.2 Å². The molecule has 88 valence electrons. The maximum absolute atomic E-state index is 9.39. The summed E-state index contributed by atoms with van der Waals surface area (Å²) in [6, 6.07) is 6.82. The number of hydrogen-bond acceptors (Lipinski definition) is 5. The summed E-state index contributed by atoms with van der Waals surface area (Å²) < 4.78 is 15.3. The Morgan fingerprint density at radius 3 is 2.06 bits per heavy atom. The van der Waals surface area contributed by atoms with Crippen molar-refractivity contribution in [3.05, 3.63) is 29.8 Å². The van der Waals surface area contributed by atoms with Crippen LogP contribution in [0.1, 0.15) is 5.56 Å². The molecule has 0 bridgehead atoms. The smallest absolute Gasteiger partial charge is 0.496 e. The predicted molar refractivity (Wildman–Crippen MR) is 58.9 cm³/mol. The monoisotopic (exact) mass is 226 g/mol. The fourth-order valence-electron chi connectivity index (χ4n) is 1.59. The van der Waals surface area contributed by atoms with Crippen molar-refractivity contribution < 1.29 is 24.3 Å². The highest BCUT2D eigenvalue weighted by Crippen LogP contribution is 2.34. The quantitative estimate of drug-likeness (QED) is 0.552. The van der Waals surface area contributed by atoms with Crippen LogP contribution >= 0.6 is 0 Å². The first-order valence-electron chi connectivity index (χ1n) is 4.72. The van der Waals surface area contributed by atoms with Crippen molar-refractivity contribution in [3.63, 3.8) is 0 Å². The molecule has 0 aromatic heterocycles. The number of benzene rings is 1. The highest BCUT2D eigenvalue weighted by molar-refractivity contribution is 6.44. The number of para-hydroxylation sites is 1. The van der Waals surface area contributed by atoms with Gasteiger partial charge in [0.25, 0.3) is 0 Å². The van der Waals surface area contributed by atoms with Gasteiger partial charge in [0.15, 0.2) is 0 Å². The van der Waals surface area contributed by atoms with Crippen LogP contribution in [0.5, 0.6) is 5.75 Å². The third-order valence-electron chi connectivity index (χ3n) is 2.43. The molecule has 0 heterocycles. The van der Waals surface area contributed by atoms with Crippen molar-refractivity contribution in [2.75, 3.05) is 21.3 Å².